The molecular formula is C12H14FN3O2S. The number of nitrogens with one attached hydrogen (secondary N) is 3. The highest BCUT2D eigenvalue weighted by atomic mass is 32.2. The van der Waals surface area contributed by atoms with Crippen molar-refractivity contribution in [2.24, 2.45) is 0 Å². The number of halogens is 1. The molecule has 1 aliphatic heterocycles. The van der Waals surface area contributed by atoms with Crippen molar-refractivity contribution in [1.82, 2.24) is 5.32 Å². The molecule has 1 atom stereocenters. The predicted octanol–water partition coefficient (Wildman–Crippen LogP) is 1.39. The number of amides is 2. The third-order valence-electron chi connectivity index (χ3n) is 2.58. The lowest BCUT2D eigenvalue weighted by Gasteiger charge is -2.12. The van der Waals surface area contributed by atoms with Gasteiger partial charge in [0.1, 0.15) is 5.82 Å². The average Bonchev–Trinajstić information content (AvgIpc) is 2.86. The van der Waals surface area contributed by atoms with Gasteiger partial charge in [0, 0.05) is 24.2 Å². The van der Waals surface area contributed by atoms with Crippen LogP contribution in [0.2, 0.25) is 0 Å². The first-order valence-corrected chi connectivity index (χ1v) is 6.91. The van der Waals surface area contributed by atoms with Crippen LogP contribution in [0.1, 0.15) is 6.92 Å². The summed E-state index contributed by atoms with van der Waals surface area (Å²) in [6.45, 7) is 1.36. The van der Waals surface area contributed by atoms with Gasteiger partial charge >= 0.3 is 0 Å². The number of hydrogen-bond acceptors (Lipinski definition) is 4. The summed E-state index contributed by atoms with van der Waals surface area (Å²) in [7, 11) is 0. The van der Waals surface area contributed by atoms with Crippen LogP contribution in [-0.2, 0) is 9.59 Å². The first kappa shape index (κ1) is 13.8. The van der Waals surface area contributed by atoms with Gasteiger partial charge in [-0.15, -0.1) is 11.8 Å². The number of thioether (sulfide) groups is 1. The Morgan fingerprint density at radius 2 is 2.21 bits per heavy atom. The maximum atomic E-state index is 13.6. The Morgan fingerprint density at radius 3 is 2.84 bits per heavy atom. The van der Waals surface area contributed by atoms with Crippen LogP contribution in [0, 0.1) is 5.82 Å². The van der Waals surface area contributed by atoms with Crippen LogP contribution in [0.3, 0.4) is 0 Å². The summed E-state index contributed by atoms with van der Waals surface area (Å²) in [5.41, 5.74) is 0.507. The zero-order chi connectivity index (χ0) is 13.8. The second kappa shape index (κ2) is 6.03. The molecule has 1 saturated heterocycles. The summed E-state index contributed by atoms with van der Waals surface area (Å²) >= 11 is 1.61. The Labute approximate surface area is 114 Å². The van der Waals surface area contributed by atoms with E-state index in [2.05, 4.69) is 16.0 Å². The van der Waals surface area contributed by atoms with E-state index < -0.39 is 5.82 Å². The van der Waals surface area contributed by atoms with E-state index in [-0.39, 0.29) is 23.5 Å². The Morgan fingerprint density at radius 1 is 1.42 bits per heavy atom. The molecule has 1 fully saturated rings. The van der Waals surface area contributed by atoms with Crippen molar-refractivity contribution in [3.05, 3.63) is 24.0 Å². The summed E-state index contributed by atoms with van der Waals surface area (Å²) in [5, 5.41) is 8.06. The standard InChI is InChI=1S/C12H14FN3O2S/c1-7(17)15-8-2-3-9(13)10(4-8)16-12(18)11-5-19-6-14-11/h2-4,11,14H,5-6H2,1H3,(H,15,17)(H,16,18). The molecule has 0 spiro atoms. The summed E-state index contributed by atoms with van der Waals surface area (Å²) < 4.78 is 13.6. The fraction of sp³-hybridized carbons (Fsp3) is 0.333. The van der Waals surface area contributed by atoms with Crippen LogP contribution in [0.15, 0.2) is 18.2 Å². The molecule has 0 bridgehead atoms. The zero-order valence-electron chi connectivity index (χ0n) is 10.3. The Balaban J connectivity index is 2.09. The van der Waals surface area contributed by atoms with Crippen LogP contribution in [0.5, 0.6) is 0 Å². The molecule has 3 N–H and O–H groups in total. The van der Waals surface area contributed by atoms with E-state index in [1.165, 1.54) is 25.1 Å². The fourth-order valence-electron chi connectivity index (χ4n) is 1.69. The highest BCUT2D eigenvalue weighted by molar-refractivity contribution is 7.99. The average molecular weight is 283 g/mol. The van der Waals surface area contributed by atoms with Crippen LogP contribution in [-0.4, -0.2) is 29.5 Å². The lowest BCUT2D eigenvalue weighted by atomic mass is 10.2. The summed E-state index contributed by atoms with van der Waals surface area (Å²) in [4.78, 5) is 22.8. The van der Waals surface area contributed by atoms with Gasteiger partial charge in [-0.1, -0.05) is 0 Å². The molecule has 7 heteroatoms. The lowest BCUT2D eigenvalue weighted by molar-refractivity contribution is -0.117. The minimum absolute atomic E-state index is 0.0648. The molecule has 0 aliphatic carbocycles. The summed E-state index contributed by atoms with van der Waals surface area (Å²) in [6.07, 6.45) is 0. The van der Waals surface area contributed by atoms with Crippen molar-refractivity contribution in [1.29, 1.82) is 0 Å². The molecule has 1 heterocycles. The largest absolute Gasteiger partial charge is 0.326 e. The van der Waals surface area contributed by atoms with Crippen LogP contribution in [0.25, 0.3) is 0 Å². The van der Waals surface area contributed by atoms with Gasteiger partial charge in [0.05, 0.1) is 11.7 Å². The van der Waals surface area contributed by atoms with Crippen molar-refractivity contribution in [2.75, 3.05) is 22.3 Å². The number of hydrogen-bond donors (Lipinski definition) is 3. The van der Waals surface area contributed by atoms with E-state index in [1.807, 2.05) is 0 Å². The van der Waals surface area contributed by atoms with Crippen LogP contribution in [0.4, 0.5) is 15.8 Å². The van der Waals surface area contributed by atoms with Gasteiger partial charge in [-0.2, -0.15) is 0 Å². The second-order valence-corrected chi connectivity index (χ2v) is 5.17. The molecular weight excluding hydrogens is 269 g/mol. The molecule has 5 nitrogen and oxygen atoms in total. The SMILES string of the molecule is CC(=O)Nc1ccc(F)c(NC(=O)C2CSCN2)c1. The Bertz CT molecular complexity index is 504. The van der Waals surface area contributed by atoms with E-state index in [4.69, 9.17) is 0 Å². The number of carbonyl (C=O) groups excluding carboxylic acids is 2. The highest BCUT2D eigenvalue weighted by Crippen LogP contribution is 2.20. The Kier molecular flexibility index (Phi) is 4.39. The quantitative estimate of drug-likeness (QED) is 0.784. The number of carbonyl (C=O) groups is 2. The van der Waals surface area contributed by atoms with Crippen molar-refractivity contribution < 1.29 is 14.0 Å². The lowest BCUT2D eigenvalue weighted by Crippen LogP contribution is -2.37. The third-order valence-corrected chi connectivity index (χ3v) is 3.52. The van der Waals surface area contributed by atoms with Gasteiger partial charge < -0.3 is 10.6 Å². The van der Waals surface area contributed by atoms with E-state index in [0.29, 0.717) is 17.3 Å². The van der Waals surface area contributed by atoms with E-state index in [1.54, 1.807) is 11.8 Å². The minimum Gasteiger partial charge on any atom is -0.326 e. The fourth-order valence-corrected chi connectivity index (χ4v) is 2.63. The van der Waals surface area contributed by atoms with Crippen molar-refractivity contribution >= 4 is 35.0 Å². The van der Waals surface area contributed by atoms with Crippen LogP contribution < -0.4 is 16.0 Å². The molecule has 1 aromatic carbocycles. The molecule has 0 aromatic heterocycles. The molecule has 102 valence electrons. The van der Waals surface area contributed by atoms with E-state index >= 15 is 0 Å². The van der Waals surface area contributed by atoms with Crippen LogP contribution >= 0.6 is 11.8 Å². The van der Waals surface area contributed by atoms with Gasteiger partial charge in [0.15, 0.2) is 0 Å². The smallest absolute Gasteiger partial charge is 0.242 e. The molecule has 2 amide bonds. The van der Waals surface area contributed by atoms with Gasteiger partial charge in [0.25, 0.3) is 0 Å². The number of benzene rings is 1. The maximum Gasteiger partial charge on any atom is 0.242 e. The monoisotopic (exact) mass is 283 g/mol. The van der Waals surface area contributed by atoms with Gasteiger partial charge in [-0.05, 0) is 18.2 Å². The molecule has 1 unspecified atom stereocenters. The number of anilines is 2. The summed E-state index contributed by atoms with van der Waals surface area (Å²) in [6, 6.07) is 3.73. The van der Waals surface area contributed by atoms with Gasteiger partial charge in [0.2, 0.25) is 11.8 Å². The second-order valence-electron chi connectivity index (χ2n) is 4.14. The predicted molar refractivity (Wildman–Crippen MR) is 73.6 cm³/mol. The number of rotatable bonds is 3. The van der Waals surface area contributed by atoms with Gasteiger partial charge in [-0.3, -0.25) is 14.9 Å². The maximum absolute atomic E-state index is 13.6. The summed E-state index contributed by atoms with van der Waals surface area (Å²) in [5.74, 6) is 0.320. The molecule has 0 saturated carbocycles. The minimum atomic E-state index is -0.534. The van der Waals surface area contributed by atoms with Crippen molar-refractivity contribution in [3.63, 3.8) is 0 Å². The first-order chi connectivity index (χ1) is 9.06. The third kappa shape index (κ3) is 3.68. The van der Waals surface area contributed by atoms with Crippen molar-refractivity contribution in [3.8, 4) is 0 Å². The van der Waals surface area contributed by atoms with E-state index in [0.717, 1.165) is 0 Å². The normalized spacial score (nSPS) is 18.1. The molecule has 19 heavy (non-hydrogen) atoms. The van der Waals surface area contributed by atoms with Gasteiger partial charge in [-0.25, -0.2) is 4.39 Å². The molecule has 2 rings (SSSR count). The topological polar surface area (TPSA) is 70.2 Å². The molecule has 1 aromatic rings. The highest BCUT2D eigenvalue weighted by Gasteiger charge is 2.23. The molecule has 0 radical (unpaired) electrons. The van der Waals surface area contributed by atoms with Crippen molar-refractivity contribution in [2.45, 2.75) is 13.0 Å². The van der Waals surface area contributed by atoms with E-state index in [9.17, 15) is 14.0 Å². The Hall–Kier alpha value is -1.60. The molecule has 1 aliphatic rings. The zero-order valence-corrected chi connectivity index (χ0v) is 11.1. The first-order valence-electron chi connectivity index (χ1n) is 5.75.